The lowest BCUT2D eigenvalue weighted by Gasteiger charge is -2.14. The fourth-order valence-electron chi connectivity index (χ4n) is 1.50. The van der Waals surface area contributed by atoms with Gasteiger partial charge in [-0.05, 0) is 44.6 Å². The highest BCUT2D eigenvalue weighted by Gasteiger charge is 2.06. The molecule has 1 unspecified atom stereocenters. The van der Waals surface area contributed by atoms with Crippen molar-refractivity contribution in [2.24, 2.45) is 11.7 Å². The highest BCUT2D eigenvalue weighted by molar-refractivity contribution is 4.92. The van der Waals surface area contributed by atoms with Gasteiger partial charge in [0, 0.05) is 0 Å². The van der Waals surface area contributed by atoms with Gasteiger partial charge in [-0.1, -0.05) is 12.2 Å². The summed E-state index contributed by atoms with van der Waals surface area (Å²) < 4.78 is 0. The van der Waals surface area contributed by atoms with Gasteiger partial charge in [0.2, 0.25) is 0 Å². The standard InChI is InChI=1S/C9H17N/c10-8-4-7-9-5-2-1-3-6-9/h2,5,9H,1,3-4,6-8,10H2. The lowest BCUT2D eigenvalue weighted by atomic mass is 9.92. The molecule has 0 aromatic carbocycles. The van der Waals surface area contributed by atoms with Crippen molar-refractivity contribution in [2.45, 2.75) is 32.1 Å². The molecular formula is C9H17N. The van der Waals surface area contributed by atoms with Crippen LogP contribution in [0.3, 0.4) is 0 Å². The van der Waals surface area contributed by atoms with E-state index in [0.29, 0.717) is 0 Å². The van der Waals surface area contributed by atoms with Crippen LogP contribution in [0.4, 0.5) is 0 Å². The maximum atomic E-state index is 5.42. The van der Waals surface area contributed by atoms with Crippen LogP contribution in [0, 0.1) is 5.92 Å². The van der Waals surface area contributed by atoms with E-state index in [-0.39, 0.29) is 0 Å². The normalized spacial score (nSPS) is 25.1. The van der Waals surface area contributed by atoms with Gasteiger partial charge < -0.3 is 5.73 Å². The maximum Gasteiger partial charge on any atom is -0.00771 e. The van der Waals surface area contributed by atoms with E-state index in [1.54, 1.807) is 0 Å². The summed E-state index contributed by atoms with van der Waals surface area (Å²) in [6, 6.07) is 0. The van der Waals surface area contributed by atoms with Crippen LogP contribution in [0.5, 0.6) is 0 Å². The van der Waals surface area contributed by atoms with Crippen molar-refractivity contribution < 1.29 is 0 Å². The van der Waals surface area contributed by atoms with Crippen LogP contribution < -0.4 is 5.73 Å². The van der Waals surface area contributed by atoms with E-state index < -0.39 is 0 Å². The Hall–Kier alpha value is -0.300. The molecule has 10 heavy (non-hydrogen) atoms. The van der Waals surface area contributed by atoms with Gasteiger partial charge in [0.1, 0.15) is 0 Å². The summed E-state index contributed by atoms with van der Waals surface area (Å²) in [5.41, 5.74) is 5.42. The first kappa shape index (κ1) is 7.80. The zero-order valence-electron chi connectivity index (χ0n) is 6.55. The largest absolute Gasteiger partial charge is 0.330 e. The average Bonchev–Trinajstić information content (AvgIpc) is 2.03. The third kappa shape index (κ3) is 2.53. The number of hydrogen-bond donors (Lipinski definition) is 1. The molecule has 0 radical (unpaired) electrons. The van der Waals surface area contributed by atoms with Crippen molar-refractivity contribution in [1.29, 1.82) is 0 Å². The fraction of sp³-hybridized carbons (Fsp3) is 0.778. The second-order valence-electron chi connectivity index (χ2n) is 3.05. The molecule has 0 saturated carbocycles. The zero-order chi connectivity index (χ0) is 7.23. The number of nitrogens with two attached hydrogens (primary N) is 1. The molecule has 1 aliphatic carbocycles. The zero-order valence-corrected chi connectivity index (χ0v) is 6.55. The second kappa shape index (κ2) is 4.51. The maximum absolute atomic E-state index is 5.42. The highest BCUT2D eigenvalue weighted by atomic mass is 14.5. The number of allylic oxidation sites excluding steroid dienone is 2. The van der Waals surface area contributed by atoms with Gasteiger partial charge in [-0.3, -0.25) is 0 Å². The molecule has 1 nitrogen and oxygen atoms in total. The summed E-state index contributed by atoms with van der Waals surface area (Å²) >= 11 is 0. The Labute approximate surface area is 63.3 Å². The summed E-state index contributed by atoms with van der Waals surface area (Å²) in [7, 11) is 0. The molecule has 0 spiro atoms. The Morgan fingerprint density at radius 1 is 1.50 bits per heavy atom. The first-order valence-electron chi connectivity index (χ1n) is 4.30. The summed E-state index contributed by atoms with van der Waals surface area (Å²) in [6.07, 6.45) is 11.2. The lowest BCUT2D eigenvalue weighted by Crippen LogP contribution is -2.05. The molecule has 1 atom stereocenters. The number of rotatable bonds is 3. The molecule has 0 saturated heterocycles. The van der Waals surface area contributed by atoms with E-state index in [1.165, 1.54) is 32.1 Å². The van der Waals surface area contributed by atoms with Crippen LogP contribution in [-0.4, -0.2) is 6.54 Å². The molecule has 0 aliphatic heterocycles. The minimum absolute atomic E-state index is 0.845. The van der Waals surface area contributed by atoms with Gasteiger partial charge in [-0.15, -0.1) is 0 Å². The van der Waals surface area contributed by atoms with E-state index in [1.807, 2.05) is 0 Å². The van der Waals surface area contributed by atoms with Gasteiger partial charge in [0.05, 0.1) is 0 Å². The molecule has 1 rings (SSSR count). The molecule has 2 N–H and O–H groups in total. The second-order valence-corrected chi connectivity index (χ2v) is 3.05. The van der Waals surface area contributed by atoms with Gasteiger partial charge >= 0.3 is 0 Å². The molecule has 1 aliphatic rings. The van der Waals surface area contributed by atoms with Crippen molar-refractivity contribution in [2.75, 3.05) is 6.54 Å². The van der Waals surface area contributed by atoms with Gasteiger partial charge in [-0.25, -0.2) is 0 Å². The molecule has 1 heteroatoms. The smallest absolute Gasteiger partial charge is 0.00771 e. The topological polar surface area (TPSA) is 26.0 Å². The van der Waals surface area contributed by atoms with E-state index in [4.69, 9.17) is 5.73 Å². The van der Waals surface area contributed by atoms with Crippen LogP contribution in [-0.2, 0) is 0 Å². The van der Waals surface area contributed by atoms with Crippen LogP contribution in [0.25, 0.3) is 0 Å². The summed E-state index contributed by atoms with van der Waals surface area (Å²) in [4.78, 5) is 0. The third-order valence-corrected chi connectivity index (χ3v) is 2.13. The van der Waals surface area contributed by atoms with Crippen LogP contribution in [0.2, 0.25) is 0 Å². The van der Waals surface area contributed by atoms with Gasteiger partial charge in [0.25, 0.3) is 0 Å². The molecular weight excluding hydrogens is 122 g/mol. The van der Waals surface area contributed by atoms with Crippen molar-refractivity contribution in [1.82, 2.24) is 0 Å². The van der Waals surface area contributed by atoms with Crippen molar-refractivity contribution in [3.63, 3.8) is 0 Å². The van der Waals surface area contributed by atoms with E-state index >= 15 is 0 Å². The SMILES string of the molecule is NCCCC1C=CCCC1. The Morgan fingerprint density at radius 3 is 3.00 bits per heavy atom. The predicted molar refractivity (Wildman–Crippen MR) is 44.8 cm³/mol. The van der Waals surface area contributed by atoms with Crippen LogP contribution >= 0.6 is 0 Å². The minimum Gasteiger partial charge on any atom is -0.330 e. The van der Waals surface area contributed by atoms with Gasteiger partial charge in [-0.2, -0.15) is 0 Å². The Morgan fingerprint density at radius 2 is 2.40 bits per heavy atom. The van der Waals surface area contributed by atoms with Gasteiger partial charge in [0.15, 0.2) is 0 Å². The first-order chi connectivity index (χ1) is 4.93. The average molecular weight is 139 g/mol. The van der Waals surface area contributed by atoms with Crippen LogP contribution in [0.1, 0.15) is 32.1 Å². The Kier molecular flexibility index (Phi) is 3.52. The van der Waals surface area contributed by atoms with E-state index in [9.17, 15) is 0 Å². The summed E-state index contributed by atoms with van der Waals surface area (Å²) in [5.74, 6) is 0.845. The third-order valence-electron chi connectivity index (χ3n) is 2.13. The minimum atomic E-state index is 0.845. The van der Waals surface area contributed by atoms with E-state index in [2.05, 4.69) is 12.2 Å². The fourth-order valence-corrected chi connectivity index (χ4v) is 1.50. The highest BCUT2D eigenvalue weighted by Crippen LogP contribution is 2.20. The quantitative estimate of drug-likeness (QED) is 0.595. The molecule has 58 valence electrons. The van der Waals surface area contributed by atoms with Crippen molar-refractivity contribution >= 4 is 0 Å². The predicted octanol–water partition coefficient (Wildman–Crippen LogP) is 2.08. The summed E-state index contributed by atoms with van der Waals surface area (Å²) in [5, 5.41) is 0. The Bertz CT molecular complexity index is 107. The lowest BCUT2D eigenvalue weighted by molar-refractivity contribution is 0.492. The molecule has 0 heterocycles. The van der Waals surface area contributed by atoms with Crippen LogP contribution in [0.15, 0.2) is 12.2 Å². The van der Waals surface area contributed by atoms with Crippen molar-refractivity contribution in [3.05, 3.63) is 12.2 Å². The van der Waals surface area contributed by atoms with E-state index in [0.717, 1.165) is 12.5 Å². The molecule has 0 amide bonds. The van der Waals surface area contributed by atoms with Crippen molar-refractivity contribution in [3.8, 4) is 0 Å². The Balaban J connectivity index is 2.13. The molecule has 0 aromatic heterocycles. The monoisotopic (exact) mass is 139 g/mol. The first-order valence-corrected chi connectivity index (χ1v) is 4.30. The molecule has 0 bridgehead atoms. The molecule has 0 aromatic rings. The summed E-state index contributed by atoms with van der Waals surface area (Å²) in [6.45, 7) is 0.852. The number of hydrogen-bond acceptors (Lipinski definition) is 1. The molecule has 0 fully saturated rings.